The molecule has 7 nitrogen and oxygen atoms in total. The standard InChI is InChI=1S/C27H29FN6O/c1-18(2)26-32-31-25-9-6-19(17-34(25)26)16-33-12-10-23(11-13-33)30-27(35)21-7-8-24(29-15-21)20-4-3-5-22(28)14-20/h3-9,14-15,17-18,23H,10-13,16H2,1-2H3,(H,30,35). The molecule has 1 N–H and O–H groups in total. The van der Waals surface area contributed by atoms with Crippen LogP contribution in [-0.4, -0.2) is 49.5 Å². The van der Waals surface area contributed by atoms with Gasteiger partial charge in [0.15, 0.2) is 5.65 Å². The van der Waals surface area contributed by atoms with E-state index in [1.54, 1.807) is 30.5 Å². The van der Waals surface area contributed by atoms with Crippen molar-refractivity contribution in [3.63, 3.8) is 0 Å². The van der Waals surface area contributed by atoms with Gasteiger partial charge in [-0.2, -0.15) is 0 Å². The second kappa shape index (κ2) is 9.92. The van der Waals surface area contributed by atoms with Crippen LogP contribution in [0.4, 0.5) is 4.39 Å². The van der Waals surface area contributed by atoms with Gasteiger partial charge in [-0.3, -0.25) is 19.1 Å². The number of likely N-dealkylation sites (tertiary alicyclic amines) is 1. The maximum absolute atomic E-state index is 13.5. The Labute approximate surface area is 204 Å². The molecule has 180 valence electrons. The van der Waals surface area contributed by atoms with E-state index in [4.69, 9.17) is 0 Å². The Kier molecular flexibility index (Phi) is 6.55. The first-order valence-corrected chi connectivity index (χ1v) is 12.0. The molecular weight excluding hydrogens is 443 g/mol. The molecule has 8 heteroatoms. The number of carbonyl (C=O) groups excluding carboxylic acids is 1. The van der Waals surface area contributed by atoms with Gasteiger partial charge in [-0.1, -0.05) is 32.0 Å². The Bertz CT molecular complexity index is 1330. The summed E-state index contributed by atoms with van der Waals surface area (Å²) in [6.07, 6.45) is 5.48. The largest absolute Gasteiger partial charge is 0.349 e. The highest BCUT2D eigenvalue weighted by atomic mass is 19.1. The summed E-state index contributed by atoms with van der Waals surface area (Å²) >= 11 is 0. The number of nitrogens with one attached hydrogen (secondary N) is 1. The van der Waals surface area contributed by atoms with Crippen molar-refractivity contribution in [2.75, 3.05) is 13.1 Å². The summed E-state index contributed by atoms with van der Waals surface area (Å²) in [7, 11) is 0. The molecule has 0 bridgehead atoms. The summed E-state index contributed by atoms with van der Waals surface area (Å²) in [6.45, 7) is 6.93. The maximum Gasteiger partial charge on any atom is 0.253 e. The summed E-state index contributed by atoms with van der Waals surface area (Å²) in [6, 6.07) is 14.0. The van der Waals surface area contributed by atoms with E-state index in [1.807, 2.05) is 6.07 Å². The number of hydrogen-bond donors (Lipinski definition) is 1. The minimum absolute atomic E-state index is 0.124. The van der Waals surface area contributed by atoms with Crippen molar-refractivity contribution in [3.8, 4) is 11.3 Å². The molecule has 1 saturated heterocycles. The van der Waals surface area contributed by atoms with Gasteiger partial charge < -0.3 is 5.32 Å². The highest BCUT2D eigenvalue weighted by Crippen LogP contribution is 2.20. The first kappa shape index (κ1) is 23.1. The summed E-state index contributed by atoms with van der Waals surface area (Å²) in [4.78, 5) is 19.5. The van der Waals surface area contributed by atoms with Crippen LogP contribution in [0.2, 0.25) is 0 Å². The van der Waals surface area contributed by atoms with E-state index in [0.717, 1.165) is 43.9 Å². The van der Waals surface area contributed by atoms with Gasteiger partial charge in [-0.25, -0.2) is 4.39 Å². The molecule has 0 unspecified atom stereocenters. The van der Waals surface area contributed by atoms with Gasteiger partial charge in [0.1, 0.15) is 11.6 Å². The zero-order valence-corrected chi connectivity index (χ0v) is 20.0. The number of nitrogens with zero attached hydrogens (tertiary/aromatic N) is 5. The molecular formula is C27H29FN6O. The van der Waals surface area contributed by atoms with Crippen LogP contribution in [-0.2, 0) is 6.54 Å². The Morgan fingerprint density at radius 1 is 1.11 bits per heavy atom. The molecule has 4 aromatic rings. The number of piperidine rings is 1. The van der Waals surface area contributed by atoms with Crippen molar-refractivity contribution in [2.45, 2.75) is 45.2 Å². The van der Waals surface area contributed by atoms with Crippen LogP contribution in [0.1, 0.15) is 54.4 Å². The molecule has 1 fully saturated rings. The summed E-state index contributed by atoms with van der Waals surface area (Å²) in [5, 5.41) is 11.7. The van der Waals surface area contributed by atoms with Gasteiger partial charge >= 0.3 is 0 Å². The van der Waals surface area contributed by atoms with Crippen molar-refractivity contribution >= 4 is 11.6 Å². The molecule has 0 aliphatic carbocycles. The topological polar surface area (TPSA) is 75.4 Å². The Balaban J connectivity index is 1.15. The van der Waals surface area contributed by atoms with Crippen molar-refractivity contribution in [3.05, 3.63) is 83.7 Å². The van der Waals surface area contributed by atoms with Crippen molar-refractivity contribution in [1.82, 2.24) is 29.8 Å². The molecule has 0 spiro atoms. The van der Waals surface area contributed by atoms with Gasteiger partial charge in [0.25, 0.3) is 5.91 Å². The van der Waals surface area contributed by atoms with E-state index in [-0.39, 0.29) is 17.8 Å². The molecule has 1 aromatic carbocycles. The second-order valence-electron chi connectivity index (χ2n) is 9.44. The Morgan fingerprint density at radius 2 is 1.94 bits per heavy atom. The smallest absolute Gasteiger partial charge is 0.253 e. The van der Waals surface area contributed by atoms with Crippen LogP contribution < -0.4 is 5.32 Å². The van der Waals surface area contributed by atoms with Crippen LogP contribution in [0.3, 0.4) is 0 Å². The van der Waals surface area contributed by atoms with E-state index in [0.29, 0.717) is 22.7 Å². The fraction of sp³-hybridized carbons (Fsp3) is 0.333. The third-order valence-corrected chi connectivity index (χ3v) is 6.48. The molecule has 5 rings (SSSR count). The number of amides is 1. The molecule has 1 aliphatic rings. The van der Waals surface area contributed by atoms with E-state index in [2.05, 4.69) is 55.9 Å². The third kappa shape index (κ3) is 5.22. The minimum atomic E-state index is -0.308. The lowest BCUT2D eigenvalue weighted by atomic mass is 10.0. The van der Waals surface area contributed by atoms with Crippen LogP contribution in [0.15, 0.2) is 60.9 Å². The van der Waals surface area contributed by atoms with Gasteiger partial charge in [0, 0.05) is 49.6 Å². The number of halogens is 1. The third-order valence-electron chi connectivity index (χ3n) is 6.48. The first-order valence-electron chi connectivity index (χ1n) is 12.0. The summed E-state index contributed by atoms with van der Waals surface area (Å²) < 4.78 is 15.5. The molecule has 1 aliphatic heterocycles. The molecule has 0 atom stereocenters. The lowest BCUT2D eigenvalue weighted by molar-refractivity contribution is 0.0908. The summed E-state index contributed by atoms with van der Waals surface area (Å²) in [5.74, 6) is 0.854. The van der Waals surface area contributed by atoms with Crippen LogP contribution in [0, 0.1) is 5.82 Å². The van der Waals surface area contributed by atoms with Gasteiger partial charge in [-0.05, 0) is 48.7 Å². The van der Waals surface area contributed by atoms with E-state index >= 15 is 0 Å². The number of fused-ring (bicyclic) bond motifs is 1. The van der Waals surface area contributed by atoms with E-state index in [1.165, 1.54) is 17.7 Å². The number of aromatic nitrogens is 4. The molecule has 0 saturated carbocycles. The highest BCUT2D eigenvalue weighted by molar-refractivity contribution is 5.94. The lowest BCUT2D eigenvalue weighted by Gasteiger charge is -2.32. The lowest BCUT2D eigenvalue weighted by Crippen LogP contribution is -2.44. The van der Waals surface area contributed by atoms with Crippen LogP contribution in [0.25, 0.3) is 16.9 Å². The average Bonchev–Trinajstić information content (AvgIpc) is 3.29. The van der Waals surface area contributed by atoms with Crippen molar-refractivity contribution in [1.29, 1.82) is 0 Å². The average molecular weight is 473 g/mol. The van der Waals surface area contributed by atoms with Crippen molar-refractivity contribution in [2.24, 2.45) is 0 Å². The van der Waals surface area contributed by atoms with Gasteiger partial charge in [0.05, 0.1) is 11.3 Å². The number of carbonyl (C=O) groups is 1. The van der Waals surface area contributed by atoms with Crippen molar-refractivity contribution < 1.29 is 9.18 Å². The molecule has 4 heterocycles. The molecule has 3 aromatic heterocycles. The fourth-order valence-corrected chi connectivity index (χ4v) is 4.55. The zero-order chi connectivity index (χ0) is 24.4. The Hall–Kier alpha value is -3.65. The van der Waals surface area contributed by atoms with E-state index < -0.39 is 0 Å². The van der Waals surface area contributed by atoms with E-state index in [9.17, 15) is 9.18 Å². The Morgan fingerprint density at radius 3 is 2.66 bits per heavy atom. The number of rotatable bonds is 6. The highest BCUT2D eigenvalue weighted by Gasteiger charge is 2.22. The van der Waals surface area contributed by atoms with Gasteiger partial charge in [-0.15, -0.1) is 10.2 Å². The number of benzene rings is 1. The monoisotopic (exact) mass is 472 g/mol. The maximum atomic E-state index is 13.5. The zero-order valence-electron chi connectivity index (χ0n) is 20.0. The quantitative estimate of drug-likeness (QED) is 0.449. The second-order valence-corrected chi connectivity index (χ2v) is 9.44. The first-order chi connectivity index (χ1) is 17.0. The SMILES string of the molecule is CC(C)c1nnc2ccc(CN3CCC(NC(=O)c4ccc(-c5cccc(F)c5)nc4)CC3)cn12. The van der Waals surface area contributed by atoms with Crippen LogP contribution in [0.5, 0.6) is 0 Å². The predicted octanol–water partition coefficient (Wildman–Crippen LogP) is 4.45. The molecule has 35 heavy (non-hydrogen) atoms. The molecule has 0 radical (unpaired) electrons. The summed E-state index contributed by atoms with van der Waals surface area (Å²) in [5.41, 5.74) is 3.94. The predicted molar refractivity (Wildman–Crippen MR) is 132 cm³/mol. The number of pyridine rings is 2. The van der Waals surface area contributed by atoms with Gasteiger partial charge in [0.2, 0.25) is 0 Å². The molecule has 1 amide bonds. The normalized spacial score (nSPS) is 15.1. The fourth-order valence-electron chi connectivity index (χ4n) is 4.55. The van der Waals surface area contributed by atoms with Crippen LogP contribution >= 0.6 is 0 Å². The minimum Gasteiger partial charge on any atom is -0.349 e. The number of hydrogen-bond acceptors (Lipinski definition) is 5.